The number of halogens is 6. The van der Waals surface area contributed by atoms with Gasteiger partial charge in [0.25, 0.3) is 0 Å². The van der Waals surface area contributed by atoms with Crippen LogP contribution < -0.4 is 10.0 Å². The van der Waals surface area contributed by atoms with Gasteiger partial charge in [0.05, 0.1) is 22.5 Å². The number of hydrogen-bond acceptors (Lipinski definition) is 4. The Morgan fingerprint density at radius 1 is 0.643 bits per heavy atom. The molecule has 0 unspecified atom stereocenters. The lowest BCUT2D eigenvalue weighted by atomic mass is 10.2. The fourth-order valence-corrected chi connectivity index (χ4v) is 2.64. The zero-order chi connectivity index (χ0) is 20.7. The van der Waals surface area contributed by atoms with E-state index in [1.807, 2.05) is 0 Å². The Kier molecular flexibility index (Phi) is 4.82. The van der Waals surface area contributed by atoms with Crippen molar-refractivity contribution >= 4 is 23.0 Å². The number of nitrogens with zero attached hydrogens (tertiary/aromatic N) is 4. The van der Waals surface area contributed by atoms with Crippen molar-refractivity contribution < 1.29 is 26.3 Å². The summed E-state index contributed by atoms with van der Waals surface area (Å²) < 4.78 is 77.7. The van der Waals surface area contributed by atoms with Crippen molar-refractivity contribution in [2.45, 2.75) is 26.2 Å². The van der Waals surface area contributed by atoms with Crippen molar-refractivity contribution in [3.8, 4) is 0 Å². The van der Waals surface area contributed by atoms with Crippen molar-refractivity contribution in [1.82, 2.24) is 0 Å². The Labute approximate surface area is 156 Å². The second-order valence-electron chi connectivity index (χ2n) is 6.01. The topological polar surface area (TPSA) is 31.2 Å². The summed E-state index contributed by atoms with van der Waals surface area (Å²) >= 11 is 0. The van der Waals surface area contributed by atoms with Crippen LogP contribution in [0.2, 0.25) is 0 Å². The van der Waals surface area contributed by atoms with E-state index in [0.717, 1.165) is 24.3 Å². The fourth-order valence-electron chi connectivity index (χ4n) is 2.64. The van der Waals surface area contributed by atoms with Crippen molar-refractivity contribution in [2.75, 3.05) is 10.0 Å². The molecule has 0 spiro atoms. The van der Waals surface area contributed by atoms with Crippen LogP contribution in [-0.2, 0) is 12.4 Å². The Balaban J connectivity index is 1.95. The van der Waals surface area contributed by atoms with Crippen LogP contribution in [0.1, 0.15) is 25.0 Å². The van der Waals surface area contributed by atoms with Crippen LogP contribution >= 0.6 is 0 Å². The second kappa shape index (κ2) is 6.84. The Morgan fingerprint density at radius 2 is 1.00 bits per heavy atom. The van der Waals surface area contributed by atoms with E-state index in [-0.39, 0.29) is 23.0 Å². The smallest absolute Gasteiger partial charge is 0.216 e. The van der Waals surface area contributed by atoms with Crippen LogP contribution in [0.15, 0.2) is 58.7 Å². The highest BCUT2D eigenvalue weighted by atomic mass is 19.4. The fraction of sp³-hybridized carbons (Fsp3) is 0.222. The maximum Gasteiger partial charge on any atom is 0.416 e. The van der Waals surface area contributed by atoms with Gasteiger partial charge in [-0.15, -0.1) is 0 Å². The molecule has 0 saturated carbocycles. The molecule has 28 heavy (non-hydrogen) atoms. The Bertz CT molecular complexity index is 868. The summed E-state index contributed by atoms with van der Waals surface area (Å²) in [5.41, 5.74) is -1.41. The molecule has 0 saturated heterocycles. The number of rotatable bonds is 2. The van der Waals surface area contributed by atoms with Gasteiger partial charge < -0.3 is 0 Å². The summed E-state index contributed by atoms with van der Waals surface area (Å²) in [6, 6.07) is 9.09. The largest absolute Gasteiger partial charge is 0.416 e. The highest BCUT2D eigenvalue weighted by molar-refractivity contribution is 6.07. The normalized spacial score (nSPS) is 15.4. The molecule has 10 heteroatoms. The highest BCUT2D eigenvalue weighted by Gasteiger charge is 2.33. The van der Waals surface area contributed by atoms with E-state index in [1.54, 1.807) is 0 Å². The van der Waals surface area contributed by atoms with E-state index < -0.39 is 23.5 Å². The minimum Gasteiger partial charge on any atom is -0.216 e. The molecule has 3 rings (SSSR count). The predicted octanol–water partition coefficient (Wildman–Crippen LogP) is 5.72. The molecule has 4 nitrogen and oxygen atoms in total. The molecule has 0 aliphatic carbocycles. The third-order valence-electron chi connectivity index (χ3n) is 3.94. The van der Waals surface area contributed by atoms with E-state index in [4.69, 9.17) is 0 Å². The lowest BCUT2D eigenvalue weighted by molar-refractivity contribution is -0.138. The van der Waals surface area contributed by atoms with Gasteiger partial charge in [0, 0.05) is 0 Å². The average Bonchev–Trinajstić information content (AvgIpc) is 2.62. The molecule has 2 aromatic carbocycles. The van der Waals surface area contributed by atoms with E-state index in [9.17, 15) is 26.3 Å². The van der Waals surface area contributed by atoms with Crippen LogP contribution in [-0.4, -0.2) is 11.7 Å². The summed E-state index contributed by atoms with van der Waals surface area (Å²) in [6.45, 7) is 2.99. The van der Waals surface area contributed by atoms with E-state index in [1.165, 1.54) is 48.1 Å². The molecule has 1 aliphatic rings. The van der Waals surface area contributed by atoms with Gasteiger partial charge in [-0.2, -0.15) is 36.5 Å². The molecule has 148 valence electrons. The van der Waals surface area contributed by atoms with E-state index in [2.05, 4.69) is 10.2 Å². The van der Waals surface area contributed by atoms with Crippen molar-refractivity contribution in [1.29, 1.82) is 0 Å². The number of anilines is 2. The molecule has 0 bridgehead atoms. The first-order chi connectivity index (χ1) is 13.0. The lowest BCUT2D eigenvalue weighted by Crippen LogP contribution is -2.37. The third-order valence-corrected chi connectivity index (χ3v) is 3.94. The van der Waals surface area contributed by atoms with Gasteiger partial charge >= 0.3 is 12.4 Å². The van der Waals surface area contributed by atoms with Crippen molar-refractivity contribution in [3.05, 3.63) is 59.7 Å². The van der Waals surface area contributed by atoms with E-state index in [0.29, 0.717) is 0 Å². The summed E-state index contributed by atoms with van der Waals surface area (Å²) in [7, 11) is 0. The summed E-state index contributed by atoms with van der Waals surface area (Å²) in [5.74, 6) is 0.393. The minimum atomic E-state index is -4.51. The van der Waals surface area contributed by atoms with Gasteiger partial charge in [-0.25, -0.2) is 10.0 Å². The van der Waals surface area contributed by atoms with E-state index >= 15 is 0 Å². The first kappa shape index (κ1) is 19.7. The molecule has 0 atom stereocenters. The average molecular weight is 400 g/mol. The Morgan fingerprint density at radius 3 is 1.32 bits per heavy atom. The van der Waals surface area contributed by atoms with Crippen LogP contribution in [0, 0.1) is 0 Å². The molecule has 0 aromatic heterocycles. The van der Waals surface area contributed by atoms with Crippen molar-refractivity contribution in [3.63, 3.8) is 0 Å². The number of hydrogen-bond donors (Lipinski definition) is 0. The van der Waals surface area contributed by atoms with Gasteiger partial charge in [-0.1, -0.05) is 12.1 Å². The highest BCUT2D eigenvalue weighted by Crippen LogP contribution is 2.34. The van der Waals surface area contributed by atoms with Crippen molar-refractivity contribution in [2.24, 2.45) is 10.2 Å². The summed E-state index contributed by atoms with van der Waals surface area (Å²) in [6.07, 6.45) is -9.03. The molecule has 0 fully saturated rings. The molecule has 0 N–H and O–H groups in total. The minimum absolute atomic E-state index is 0.138. The second-order valence-corrected chi connectivity index (χ2v) is 6.01. The molecular weight excluding hydrogens is 386 g/mol. The number of benzene rings is 2. The monoisotopic (exact) mass is 400 g/mol. The molecule has 0 amide bonds. The van der Waals surface area contributed by atoms with Gasteiger partial charge in [-0.3, -0.25) is 0 Å². The van der Waals surface area contributed by atoms with Gasteiger partial charge in [-0.05, 0) is 50.2 Å². The molecule has 1 aliphatic heterocycles. The Hall–Kier alpha value is -3.04. The number of alkyl halides is 6. The quantitative estimate of drug-likeness (QED) is 0.604. The van der Waals surface area contributed by atoms with Gasteiger partial charge in [0.1, 0.15) is 11.7 Å². The van der Waals surface area contributed by atoms with Crippen LogP contribution in [0.4, 0.5) is 37.7 Å². The molecule has 0 radical (unpaired) electrons. The molecule has 1 heterocycles. The standard InChI is InChI=1S/C18H14F6N4/c1-11-25-28(16-8-4-6-14(10-16)18(22,23)24)12(2)26-27(11)15-7-3-5-13(9-15)17(19,20)21/h3-10H,1-2H3. The number of amidine groups is 2. The van der Waals surface area contributed by atoms with Gasteiger partial charge in [0.2, 0.25) is 0 Å². The maximum atomic E-state index is 12.9. The zero-order valence-corrected chi connectivity index (χ0v) is 14.7. The predicted molar refractivity (Wildman–Crippen MR) is 94.1 cm³/mol. The molecular formula is C18H14F6N4. The maximum absolute atomic E-state index is 12.9. The van der Waals surface area contributed by atoms with Gasteiger partial charge in [0.15, 0.2) is 0 Å². The summed E-state index contributed by atoms with van der Waals surface area (Å²) in [5, 5.41) is 10.8. The first-order valence-electron chi connectivity index (χ1n) is 8.02. The third kappa shape index (κ3) is 3.95. The van der Waals surface area contributed by atoms with Crippen LogP contribution in [0.5, 0.6) is 0 Å². The van der Waals surface area contributed by atoms with Crippen LogP contribution in [0.3, 0.4) is 0 Å². The van der Waals surface area contributed by atoms with Crippen LogP contribution in [0.25, 0.3) is 0 Å². The summed E-state index contributed by atoms with van der Waals surface area (Å²) in [4.78, 5) is 0. The SMILES string of the molecule is CC1=NN(c2cccc(C(F)(F)F)c2)C(C)=NN1c1cccc(C(F)(F)F)c1. The zero-order valence-electron chi connectivity index (χ0n) is 14.7. The lowest BCUT2D eigenvalue weighted by Gasteiger charge is -2.30. The first-order valence-corrected chi connectivity index (χ1v) is 8.02. The molecule has 2 aromatic rings. The number of hydrazone groups is 2.